The molecule has 0 fully saturated rings. The van der Waals surface area contributed by atoms with Crippen LogP contribution in [0.5, 0.6) is 11.5 Å². The van der Waals surface area contributed by atoms with E-state index in [9.17, 15) is 9.59 Å². The minimum atomic E-state index is -0.672. The number of carbonyl (C=O) groups excluding carboxylic acids is 1. The number of hydrogen-bond donors (Lipinski definition) is 0. The van der Waals surface area contributed by atoms with Gasteiger partial charge >= 0.3 is 5.97 Å². The van der Waals surface area contributed by atoms with Crippen molar-refractivity contribution >= 4 is 27.8 Å². The first-order valence-corrected chi connectivity index (χ1v) is 11.5. The summed E-state index contributed by atoms with van der Waals surface area (Å²) in [7, 11) is 0. The third-order valence-electron chi connectivity index (χ3n) is 5.52. The molecule has 0 radical (unpaired) electrons. The third kappa shape index (κ3) is 5.20. The Labute approximate surface area is 206 Å². The first kappa shape index (κ1) is 23.1. The molecule has 0 aliphatic rings. The summed E-state index contributed by atoms with van der Waals surface area (Å²) < 4.78 is 22.4. The quantitative estimate of drug-likeness (QED) is 0.264. The van der Waals surface area contributed by atoms with Crippen LogP contribution in [0.15, 0.2) is 94.1 Å². The predicted molar refractivity (Wildman–Crippen MR) is 135 cm³/mol. The summed E-state index contributed by atoms with van der Waals surface area (Å²) in [6.07, 6.45) is 0. The van der Waals surface area contributed by atoms with Gasteiger partial charge in [-0.25, -0.2) is 9.78 Å². The average molecular weight is 482 g/mol. The number of nitrogens with zero attached hydrogens (tertiary/aromatic N) is 1. The van der Waals surface area contributed by atoms with Gasteiger partial charge in [-0.15, -0.1) is 0 Å². The Balaban J connectivity index is 1.26. The molecule has 7 heteroatoms. The highest BCUT2D eigenvalue weighted by Gasteiger charge is 2.13. The molecule has 0 unspecified atom stereocenters. The first-order chi connectivity index (χ1) is 17.6. The minimum absolute atomic E-state index is 0.127. The van der Waals surface area contributed by atoms with Gasteiger partial charge in [0.15, 0.2) is 5.43 Å². The number of para-hydroxylation sites is 1. The van der Waals surface area contributed by atoms with Gasteiger partial charge in [-0.1, -0.05) is 36.4 Å². The number of esters is 1. The third-order valence-corrected chi connectivity index (χ3v) is 5.52. The van der Waals surface area contributed by atoms with Crippen molar-refractivity contribution in [3.8, 4) is 11.5 Å². The molecule has 0 aliphatic heterocycles. The highest BCUT2D eigenvalue weighted by molar-refractivity contribution is 5.89. The molecule has 5 rings (SSSR count). The monoisotopic (exact) mass is 481 g/mol. The molecule has 2 aromatic heterocycles. The Hall–Kier alpha value is -4.65. The highest BCUT2D eigenvalue weighted by Crippen LogP contribution is 2.23. The molecule has 0 saturated heterocycles. The molecule has 5 aromatic rings. The molecule has 2 heterocycles. The largest absolute Gasteiger partial charge is 0.489 e. The van der Waals surface area contributed by atoms with Crippen molar-refractivity contribution in [1.82, 2.24) is 4.98 Å². The zero-order valence-electron chi connectivity index (χ0n) is 19.6. The van der Waals surface area contributed by atoms with Crippen LogP contribution < -0.4 is 14.9 Å². The average Bonchev–Trinajstić information content (AvgIpc) is 2.91. The molecule has 180 valence electrons. The van der Waals surface area contributed by atoms with Crippen molar-refractivity contribution in [3.05, 3.63) is 112 Å². The zero-order valence-corrected chi connectivity index (χ0v) is 19.6. The molecule has 0 amide bonds. The van der Waals surface area contributed by atoms with Crippen LogP contribution in [0, 0.1) is 0 Å². The Bertz CT molecular complexity index is 1610. The molecule has 3 aromatic carbocycles. The van der Waals surface area contributed by atoms with E-state index < -0.39 is 5.97 Å². The van der Waals surface area contributed by atoms with E-state index in [1.807, 2.05) is 54.6 Å². The number of aromatic nitrogens is 1. The standard InChI is InChI=1S/C29H23NO6/c1-2-33-29(32)28-16-26(31)24-13-10-19(14-27(24)36-28)17-34-22-7-5-8-23(15-22)35-18-21-12-11-20-6-3-4-9-25(20)30-21/h3-16H,2,17-18H2,1H3. The number of benzene rings is 3. The normalized spacial score (nSPS) is 10.9. The van der Waals surface area contributed by atoms with E-state index in [4.69, 9.17) is 18.6 Å². The Morgan fingerprint density at radius 2 is 1.67 bits per heavy atom. The molecule has 0 aliphatic carbocycles. The van der Waals surface area contributed by atoms with E-state index in [1.54, 1.807) is 31.2 Å². The summed E-state index contributed by atoms with van der Waals surface area (Å²) >= 11 is 0. The van der Waals surface area contributed by atoms with Gasteiger partial charge in [0.2, 0.25) is 5.76 Å². The number of pyridine rings is 1. The molecule has 0 spiro atoms. The fraction of sp³-hybridized carbons (Fsp3) is 0.138. The van der Waals surface area contributed by atoms with Crippen molar-refractivity contribution < 1.29 is 23.4 Å². The van der Waals surface area contributed by atoms with Gasteiger partial charge in [0.05, 0.1) is 23.2 Å². The molecule has 36 heavy (non-hydrogen) atoms. The number of carbonyl (C=O) groups is 1. The van der Waals surface area contributed by atoms with Gasteiger partial charge in [0.1, 0.15) is 30.3 Å². The zero-order chi connectivity index (χ0) is 24.9. The van der Waals surface area contributed by atoms with Crippen LogP contribution >= 0.6 is 0 Å². The topological polar surface area (TPSA) is 87.9 Å². The second-order valence-corrected chi connectivity index (χ2v) is 8.07. The van der Waals surface area contributed by atoms with Gasteiger partial charge in [-0.3, -0.25) is 4.79 Å². The molecule has 0 N–H and O–H groups in total. The minimum Gasteiger partial charge on any atom is -0.489 e. The van der Waals surface area contributed by atoms with Crippen molar-refractivity contribution in [2.24, 2.45) is 0 Å². The summed E-state index contributed by atoms with van der Waals surface area (Å²) in [5, 5.41) is 1.46. The first-order valence-electron chi connectivity index (χ1n) is 11.5. The number of fused-ring (bicyclic) bond motifs is 2. The van der Waals surface area contributed by atoms with Gasteiger partial charge in [0, 0.05) is 17.5 Å². The summed E-state index contributed by atoms with van der Waals surface area (Å²) in [6, 6.07) is 25.6. The van der Waals surface area contributed by atoms with E-state index in [0.717, 1.165) is 28.2 Å². The molecule has 7 nitrogen and oxygen atoms in total. The maximum absolute atomic E-state index is 12.3. The number of hydrogen-bond acceptors (Lipinski definition) is 7. The lowest BCUT2D eigenvalue weighted by Gasteiger charge is -2.10. The molecular weight excluding hydrogens is 458 g/mol. The second kappa shape index (κ2) is 10.3. The molecule has 0 saturated carbocycles. The van der Waals surface area contributed by atoms with Crippen LogP contribution in [0.3, 0.4) is 0 Å². The van der Waals surface area contributed by atoms with Crippen LogP contribution in [0.2, 0.25) is 0 Å². The van der Waals surface area contributed by atoms with E-state index in [-0.39, 0.29) is 24.4 Å². The van der Waals surface area contributed by atoms with Gasteiger partial charge in [-0.05, 0) is 48.9 Å². The Morgan fingerprint density at radius 1 is 0.861 bits per heavy atom. The van der Waals surface area contributed by atoms with Crippen LogP contribution in [-0.2, 0) is 18.0 Å². The maximum atomic E-state index is 12.3. The number of rotatable bonds is 8. The van der Waals surface area contributed by atoms with Crippen molar-refractivity contribution in [2.45, 2.75) is 20.1 Å². The lowest BCUT2D eigenvalue weighted by atomic mass is 10.1. The Morgan fingerprint density at radius 3 is 2.50 bits per heavy atom. The molecular formula is C29H23NO6. The second-order valence-electron chi connectivity index (χ2n) is 8.07. The number of ether oxygens (including phenoxy) is 3. The van der Waals surface area contributed by atoms with E-state index in [0.29, 0.717) is 29.1 Å². The highest BCUT2D eigenvalue weighted by atomic mass is 16.5. The fourth-order valence-electron chi connectivity index (χ4n) is 3.76. The van der Waals surface area contributed by atoms with Crippen LogP contribution in [-0.4, -0.2) is 17.6 Å². The summed E-state index contributed by atoms with van der Waals surface area (Å²) in [4.78, 5) is 29.0. The van der Waals surface area contributed by atoms with Crippen molar-refractivity contribution in [3.63, 3.8) is 0 Å². The predicted octanol–water partition coefficient (Wildman–Crippen LogP) is 5.68. The lowest BCUT2D eigenvalue weighted by Crippen LogP contribution is -2.10. The van der Waals surface area contributed by atoms with Crippen LogP contribution in [0.25, 0.3) is 21.9 Å². The van der Waals surface area contributed by atoms with E-state index in [2.05, 4.69) is 4.98 Å². The van der Waals surface area contributed by atoms with Crippen LogP contribution in [0.1, 0.15) is 28.7 Å². The van der Waals surface area contributed by atoms with E-state index >= 15 is 0 Å². The van der Waals surface area contributed by atoms with Gasteiger partial charge in [0.25, 0.3) is 0 Å². The molecule has 0 atom stereocenters. The van der Waals surface area contributed by atoms with Gasteiger partial charge in [-0.2, -0.15) is 0 Å². The van der Waals surface area contributed by atoms with Crippen LogP contribution in [0.4, 0.5) is 0 Å². The summed E-state index contributed by atoms with van der Waals surface area (Å²) in [5.41, 5.74) is 2.53. The Kier molecular flexibility index (Phi) is 6.62. The molecule has 0 bridgehead atoms. The summed E-state index contributed by atoms with van der Waals surface area (Å²) in [6.45, 7) is 2.45. The lowest BCUT2D eigenvalue weighted by molar-refractivity contribution is 0.0490. The van der Waals surface area contributed by atoms with Crippen molar-refractivity contribution in [1.29, 1.82) is 0 Å². The maximum Gasteiger partial charge on any atom is 0.374 e. The summed E-state index contributed by atoms with van der Waals surface area (Å²) in [5.74, 6) is 0.485. The SMILES string of the molecule is CCOC(=O)c1cc(=O)c2ccc(COc3cccc(OCc4ccc5ccccc5n4)c3)cc2o1. The van der Waals surface area contributed by atoms with Gasteiger partial charge < -0.3 is 18.6 Å². The fourth-order valence-corrected chi connectivity index (χ4v) is 3.76. The smallest absolute Gasteiger partial charge is 0.374 e. The van der Waals surface area contributed by atoms with E-state index in [1.165, 1.54) is 0 Å². The van der Waals surface area contributed by atoms with Crippen molar-refractivity contribution in [2.75, 3.05) is 6.61 Å².